The third kappa shape index (κ3) is 2.03. The number of aromatic nitrogens is 2. The van der Waals surface area contributed by atoms with Crippen LogP contribution in [0.1, 0.15) is 23.7 Å². The Balaban J connectivity index is 2.43. The standard InChI is InChI=1S/C13H14N2O/c1-2-8-15-9-12(10-16)13(14-15)11-6-4-3-5-7-11/h3-7,9-10H,2,8H2,1H3. The van der Waals surface area contributed by atoms with E-state index in [1.807, 2.05) is 35.0 Å². The maximum absolute atomic E-state index is 11.0. The molecule has 1 heterocycles. The number of nitrogens with zero attached hydrogens (tertiary/aromatic N) is 2. The monoisotopic (exact) mass is 214 g/mol. The Kier molecular flexibility index (Phi) is 3.15. The number of aldehydes is 1. The lowest BCUT2D eigenvalue weighted by atomic mass is 10.1. The van der Waals surface area contributed by atoms with Crippen LogP contribution in [0.4, 0.5) is 0 Å². The van der Waals surface area contributed by atoms with Gasteiger partial charge in [0.15, 0.2) is 6.29 Å². The quantitative estimate of drug-likeness (QED) is 0.733. The summed E-state index contributed by atoms with van der Waals surface area (Å²) < 4.78 is 1.83. The van der Waals surface area contributed by atoms with Gasteiger partial charge in [-0.25, -0.2) is 0 Å². The molecular formula is C13H14N2O. The van der Waals surface area contributed by atoms with Crippen LogP contribution in [0.3, 0.4) is 0 Å². The van der Waals surface area contributed by atoms with E-state index >= 15 is 0 Å². The van der Waals surface area contributed by atoms with E-state index < -0.39 is 0 Å². The second kappa shape index (κ2) is 4.75. The maximum atomic E-state index is 11.0. The molecule has 0 aliphatic rings. The first kappa shape index (κ1) is 10.6. The Labute approximate surface area is 94.7 Å². The Morgan fingerprint density at radius 2 is 2.06 bits per heavy atom. The highest BCUT2D eigenvalue weighted by atomic mass is 16.1. The van der Waals surface area contributed by atoms with Crippen molar-refractivity contribution in [3.8, 4) is 11.3 Å². The lowest BCUT2D eigenvalue weighted by Crippen LogP contribution is -1.96. The summed E-state index contributed by atoms with van der Waals surface area (Å²) in [6, 6.07) is 9.77. The second-order valence-corrected chi connectivity index (χ2v) is 3.68. The number of rotatable bonds is 4. The lowest BCUT2D eigenvalue weighted by Gasteiger charge is -1.97. The van der Waals surface area contributed by atoms with Gasteiger partial charge in [-0.05, 0) is 6.42 Å². The highest BCUT2D eigenvalue weighted by Crippen LogP contribution is 2.20. The molecule has 0 aliphatic heterocycles. The molecule has 0 aliphatic carbocycles. The zero-order chi connectivity index (χ0) is 11.4. The summed E-state index contributed by atoms with van der Waals surface area (Å²) in [5, 5.41) is 4.43. The van der Waals surface area contributed by atoms with Gasteiger partial charge in [-0.2, -0.15) is 5.10 Å². The van der Waals surface area contributed by atoms with E-state index in [9.17, 15) is 4.79 Å². The molecule has 0 N–H and O–H groups in total. The zero-order valence-corrected chi connectivity index (χ0v) is 9.26. The third-order valence-corrected chi connectivity index (χ3v) is 2.42. The van der Waals surface area contributed by atoms with Gasteiger partial charge < -0.3 is 0 Å². The van der Waals surface area contributed by atoms with E-state index in [4.69, 9.17) is 0 Å². The van der Waals surface area contributed by atoms with Gasteiger partial charge in [-0.15, -0.1) is 0 Å². The fourth-order valence-electron chi connectivity index (χ4n) is 1.69. The summed E-state index contributed by atoms with van der Waals surface area (Å²) in [6.45, 7) is 2.93. The molecule has 0 saturated heterocycles. The van der Waals surface area contributed by atoms with E-state index in [1.54, 1.807) is 6.20 Å². The number of carbonyl (C=O) groups is 1. The fourth-order valence-corrected chi connectivity index (χ4v) is 1.69. The number of hydrogen-bond donors (Lipinski definition) is 0. The summed E-state index contributed by atoms with van der Waals surface area (Å²) in [4.78, 5) is 11.0. The smallest absolute Gasteiger partial charge is 0.153 e. The minimum Gasteiger partial charge on any atom is -0.298 e. The fraction of sp³-hybridized carbons (Fsp3) is 0.231. The normalized spacial score (nSPS) is 10.3. The maximum Gasteiger partial charge on any atom is 0.153 e. The number of aryl methyl sites for hydroxylation is 1. The van der Waals surface area contributed by atoms with Gasteiger partial charge in [0.2, 0.25) is 0 Å². The first-order valence-electron chi connectivity index (χ1n) is 5.43. The van der Waals surface area contributed by atoms with Crippen molar-refractivity contribution >= 4 is 6.29 Å². The average molecular weight is 214 g/mol. The summed E-state index contributed by atoms with van der Waals surface area (Å²) in [5.41, 5.74) is 2.41. The Bertz CT molecular complexity index is 474. The Hall–Kier alpha value is -1.90. The molecule has 1 aromatic heterocycles. The van der Waals surface area contributed by atoms with Crippen LogP contribution in [0, 0.1) is 0 Å². The molecule has 16 heavy (non-hydrogen) atoms. The van der Waals surface area contributed by atoms with Crippen molar-refractivity contribution in [3.63, 3.8) is 0 Å². The lowest BCUT2D eigenvalue weighted by molar-refractivity contribution is 0.112. The average Bonchev–Trinajstić information content (AvgIpc) is 2.74. The van der Waals surface area contributed by atoms with Crippen LogP contribution in [0.15, 0.2) is 36.5 Å². The molecule has 0 spiro atoms. The minimum absolute atomic E-state index is 0.652. The molecule has 0 fully saturated rings. The van der Waals surface area contributed by atoms with Crippen molar-refractivity contribution in [3.05, 3.63) is 42.1 Å². The molecular weight excluding hydrogens is 200 g/mol. The summed E-state index contributed by atoms with van der Waals surface area (Å²) in [6.07, 6.45) is 3.68. The van der Waals surface area contributed by atoms with Crippen LogP contribution in [0.2, 0.25) is 0 Å². The van der Waals surface area contributed by atoms with Gasteiger partial charge in [0.05, 0.1) is 5.56 Å². The molecule has 0 radical (unpaired) electrons. The molecule has 2 rings (SSSR count). The van der Waals surface area contributed by atoms with Crippen molar-refractivity contribution in [2.24, 2.45) is 0 Å². The van der Waals surface area contributed by atoms with Crippen molar-refractivity contribution in [2.75, 3.05) is 0 Å². The van der Waals surface area contributed by atoms with Gasteiger partial charge in [0.1, 0.15) is 5.69 Å². The van der Waals surface area contributed by atoms with Crippen LogP contribution in [0.5, 0.6) is 0 Å². The van der Waals surface area contributed by atoms with Crippen LogP contribution in [0.25, 0.3) is 11.3 Å². The van der Waals surface area contributed by atoms with Crippen LogP contribution in [-0.4, -0.2) is 16.1 Å². The van der Waals surface area contributed by atoms with Gasteiger partial charge in [0.25, 0.3) is 0 Å². The van der Waals surface area contributed by atoms with E-state index in [0.717, 1.165) is 30.5 Å². The third-order valence-electron chi connectivity index (χ3n) is 2.42. The van der Waals surface area contributed by atoms with Crippen molar-refractivity contribution < 1.29 is 4.79 Å². The topological polar surface area (TPSA) is 34.9 Å². The first-order chi connectivity index (χ1) is 7.85. The second-order valence-electron chi connectivity index (χ2n) is 3.68. The largest absolute Gasteiger partial charge is 0.298 e. The van der Waals surface area contributed by atoms with E-state index in [2.05, 4.69) is 12.0 Å². The molecule has 2 aromatic rings. The zero-order valence-electron chi connectivity index (χ0n) is 9.26. The molecule has 0 atom stereocenters. The molecule has 3 heteroatoms. The molecule has 0 unspecified atom stereocenters. The van der Waals surface area contributed by atoms with Crippen LogP contribution in [-0.2, 0) is 6.54 Å². The Morgan fingerprint density at radius 3 is 2.69 bits per heavy atom. The molecule has 3 nitrogen and oxygen atoms in total. The molecule has 0 saturated carbocycles. The first-order valence-corrected chi connectivity index (χ1v) is 5.43. The summed E-state index contributed by atoms with van der Waals surface area (Å²) in [7, 11) is 0. The minimum atomic E-state index is 0.652. The van der Waals surface area contributed by atoms with Gasteiger partial charge in [0, 0.05) is 18.3 Å². The van der Waals surface area contributed by atoms with E-state index in [0.29, 0.717) is 5.56 Å². The number of benzene rings is 1. The highest BCUT2D eigenvalue weighted by molar-refractivity contribution is 5.85. The molecule has 0 bridgehead atoms. The summed E-state index contributed by atoms with van der Waals surface area (Å²) >= 11 is 0. The van der Waals surface area contributed by atoms with E-state index in [1.165, 1.54) is 0 Å². The van der Waals surface area contributed by atoms with Gasteiger partial charge in [-0.3, -0.25) is 9.48 Å². The number of hydrogen-bond acceptors (Lipinski definition) is 2. The van der Waals surface area contributed by atoms with Crippen LogP contribution >= 0.6 is 0 Å². The van der Waals surface area contributed by atoms with Crippen molar-refractivity contribution in [2.45, 2.75) is 19.9 Å². The van der Waals surface area contributed by atoms with Crippen LogP contribution < -0.4 is 0 Å². The van der Waals surface area contributed by atoms with Crippen molar-refractivity contribution in [1.29, 1.82) is 0 Å². The summed E-state index contributed by atoms with van der Waals surface area (Å²) in [5.74, 6) is 0. The molecule has 82 valence electrons. The number of carbonyl (C=O) groups excluding carboxylic acids is 1. The predicted octanol–water partition coefficient (Wildman–Crippen LogP) is 2.77. The SMILES string of the molecule is CCCn1cc(C=O)c(-c2ccccc2)n1. The highest BCUT2D eigenvalue weighted by Gasteiger charge is 2.09. The Morgan fingerprint density at radius 1 is 1.31 bits per heavy atom. The van der Waals surface area contributed by atoms with Gasteiger partial charge in [-0.1, -0.05) is 37.3 Å². The van der Waals surface area contributed by atoms with Gasteiger partial charge >= 0.3 is 0 Å². The van der Waals surface area contributed by atoms with E-state index in [-0.39, 0.29) is 0 Å². The molecule has 0 amide bonds. The van der Waals surface area contributed by atoms with Crippen molar-refractivity contribution in [1.82, 2.24) is 9.78 Å². The molecule has 1 aromatic carbocycles. The predicted molar refractivity (Wildman–Crippen MR) is 63.3 cm³/mol.